The maximum atomic E-state index is 5.93. The maximum Gasteiger partial charge on any atom is 0.156 e. The van der Waals surface area contributed by atoms with Crippen LogP contribution in [0.1, 0.15) is 30.7 Å². The SMILES string of the molecule is CCC(N)c1ccn(Cc2ccno2)c1. The molecule has 0 amide bonds. The van der Waals surface area contributed by atoms with Gasteiger partial charge in [0, 0.05) is 24.5 Å². The molecule has 0 bridgehead atoms. The Morgan fingerprint density at radius 2 is 2.40 bits per heavy atom. The molecule has 0 saturated carbocycles. The van der Waals surface area contributed by atoms with Crippen LogP contribution in [0.25, 0.3) is 0 Å². The average Bonchev–Trinajstić information content (AvgIpc) is 2.88. The van der Waals surface area contributed by atoms with Gasteiger partial charge in [-0.3, -0.25) is 0 Å². The van der Waals surface area contributed by atoms with Crippen LogP contribution in [0, 0.1) is 0 Å². The van der Waals surface area contributed by atoms with Gasteiger partial charge in [0.2, 0.25) is 0 Å². The van der Waals surface area contributed by atoms with Crippen molar-refractivity contribution >= 4 is 0 Å². The molecule has 2 heterocycles. The van der Waals surface area contributed by atoms with E-state index in [4.69, 9.17) is 10.3 Å². The molecule has 2 aromatic rings. The lowest BCUT2D eigenvalue weighted by atomic mass is 10.1. The smallest absolute Gasteiger partial charge is 0.156 e. The van der Waals surface area contributed by atoms with Crippen LogP contribution in [0.2, 0.25) is 0 Å². The first-order valence-corrected chi connectivity index (χ1v) is 5.10. The summed E-state index contributed by atoms with van der Waals surface area (Å²) in [7, 11) is 0. The van der Waals surface area contributed by atoms with Gasteiger partial charge >= 0.3 is 0 Å². The molecule has 4 nitrogen and oxygen atoms in total. The summed E-state index contributed by atoms with van der Waals surface area (Å²) in [5.74, 6) is 0.849. The molecule has 15 heavy (non-hydrogen) atoms. The third kappa shape index (κ3) is 2.27. The van der Waals surface area contributed by atoms with E-state index in [-0.39, 0.29) is 6.04 Å². The van der Waals surface area contributed by atoms with Gasteiger partial charge in [-0.05, 0) is 18.1 Å². The molecular formula is C11H15N3O. The normalized spacial score (nSPS) is 12.9. The Kier molecular flexibility index (Phi) is 2.87. The summed E-state index contributed by atoms with van der Waals surface area (Å²) >= 11 is 0. The summed E-state index contributed by atoms with van der Waals surface area (Å²) in [5.41, 5.74) is 7.10. The summed E-state index contributed by atoms with van der Waals surface area (Å²) in [5, 5.41) is 3.66. The van der Waals surface area contributed by atoms with Gasteiger partial charge in [0.05, 0.1) is 12.7 Å². The zero-order valence-electron chi connectivity index (χ0n) is 8.76. The van der Waals surface area contributed by atoms with E-state index in [1.54, 1.807) is 6.20 Å². The monoisotopic (exact) mass is 205 g/mol. The molecule has 1 unspecified atom stereocenters. The Hall–Kier alpha value is -1.55. The third-order valence-corrected chi connectivity index (χ3v) is 2.47. The van der Waals surface area contributed by atoms with Gasteiger partial charge in [-0.2, -0.15) is 0 Å². The first kappa shape index (κ1) is 9.98. The van der Waals surface area contributed by atoms with E-state index in [9.17, 15) is 0 Å². The first-order chi connectivity index (χ1) is 7.29. The minimum absolute atomic E-state index is 0.126. The summed E-state index contributed by atoms with van der Waals surface area (Å²) < 4.78 is 7.08. The number of nitrogens with zero attached hydrogens (tertiary/aromatic N) is 2. The zero-order valence-corrected chi connectivity index (χ0v) is 8.76. The molecule has 0 aliphatic heterocycles. The molecule has 2 aromatic heterocycles. The zero-order chi connectivity index (χ0) is 10.7. The van der Waals surface area contributed by atoms with Gasteiger partial charge in [0.1, 0.15) is 0 Å². The predicted molar refractivity (Wildman–Crippen MR) is 57.3 cm³/mol. The Labute approximate surface area is 88.7 Å². The van der Waals surface area contributed by atoms with E-state index in [0.29, 0.717) is 6.54 Å². The van der Waals surface area contributed by atoms with E-state index < -0.39 is 0 Å². The maximum absolute atomic E-state index is 5.93. The molecule has 0 fully saturated rings. The topological polar surface area (TPSA) is 57.0 Å². The number of hydrogen-bond donors (Lipinski definition) is 1. The van der Waals surface area contributed by atoms with E-state index in [1.165, 1.54) is 0 Å². The molecule has 0 aliphatic rings. The molecule has 4 heteroatoms. The Balaban J connectivity index is 2.07. The standard InChI is InChI=1S/C11H15N3O/c1-2-11(12)9-4-6-14(7-9)8-10-3-5-13-15-10/h3-7,11H,2,8,12H2,1H3. The number of nitrogens with two attached hydrogens (primary N) is 1. The van der Waals surface area contributed by atoms with E-state index in [0.717, 1.165) is 17.7 Å². The second kappa shape index (κ2) is 4.31. The summed E-state index contributed by atoms with van der Waals surface area (Å²) in [6.45, 7) is 2.79. The first-order valence-electron chi connectivity index (χ1n) is 5.10. The highest BCUT2D eigenvalue weighted by atomic mass is 16.5. The quantitative estimate of drug-likeness (QED) is 0.829. The van der Waals surface area contributed by atoms with Crippen LogP contribution in [-0.4, -0.2) is 9.72 Å². The molecule has 0 saturated heterocycles. The number of rotatable bonds is 4. The second-order valence-corrected chi connectivity index (χ2v) is 3.61. The highest BCUT2D eigenvalue weighted by Gasteiger charge is 2.05. The van der Waals surface area contributed by atoms with Gasteiger partial charge < -0.3 is 14.8 Å². The fraction of sp³-hybridized carbons (Fsp3) is 0.364. The van der Waals surface area contributed by atoms with Crippen molar-refractivity contribution in [2.45, 2.75) is 25.9 Å². The van der Waals surface area contributed by atoms with Crippen molar-refractivity contribution in [3.05, 3.63) is 42.0 Å². The van der Waals surface area contributed by atoms with Crippen molar-refractivity contribution < 1.29 is 4.52 Å². The minimum atomic E-state index is 0.126. The van der Waals surface area contributed by atoms with Crippen molar-refractivity contribution in [1.29, 1.82) is 0 Å². The van der Waals surface area contributed by atoms with E-state index in [1.807, 2.05) is 22.9 Å². The van der Waals surface area contributed by atoms with Gasteiger partial charge in [-0.15, -0.1) is 0 Å². The highest BCUT2D eigenvalue weighted by molar-refractivity contribution is 5.15. The van der Waals surface area contributed by atoms with E-state index in [2.05, 4.69) is 18.3 Å². The molecule has 1 atom stereocenters. The van der Waals surface area contributed by atoms with Crippen LogP contribution in [-0.2, 0) is 6.54 Å². The van der Waals surface area contributed by atoms with Crippen LogP contribution in [0.4, 0.5) is 0 Å². The van der Waals surface area contributed by atoms with Gasteiger partial charge in [0.15, 0.2) is 5.76 Å². The molecular weight excluding hydrogens is 190 g/mol. The lowest BCUT2D eigenvalue weighted by Crippen LogP contribution is -2.07. The minimum Gasteiger partial charge on any atom is -0.359 e. The Bertz CT molecular complexity index is 405. The number of aromatic nitrogens is 2. The Morgan fingerprint density at radius 3 is 3.07 bits per heavy atom. The fourth-order valence-electron chi connectivity index (χ4n) is 1.52. The van der Waals surface area contributed by atoms with Crippen molar-refractivity contribution in [3.8, 4) is 0 Å². The summed E-state index contributed by atoms with van der Waals surface area (Å²) in [4.78, 5) is 0. The van der Waals surface area contributed by atoms with Crippen LogP contribution >= 0.6 is 0 Å². The lowest BCUT2D eigenvalue weighted by molar-refractivity contribution is 0.376. The van der Waals surface area contributed by atoms with Crippen LogP contribution in [0.5, 0.6) is 0 Å². The Morgan fingerprint density at radius 1 is 1.53 bits per heavy atom. The van der Waals surface area contributed by atoms with Gasteiger partial charge in [0.25, 0.3) is 0 Å². The predicted octanol–water partition coefficient (Wildman–Crippen LogP) is 1.93. The van der Waals surface area contributed by atoms with Crippen molar-refractivity contribution in [3.63, 3.8) is 0 Å². The molecule has 2 N–H and O–H groups in total. The van der Waals surface area contributed by atoms with Gasteiger partial charge in [-0.1, -0.05) is 12.1 Å². The molecule has 80 valence electrons. The highest BCUT2D eigenvalue weighted by Crippen LogP contribution is 2.14. The average molecular weight is 205 g/mol. The fourth-order valence-corrected chi connectivity index (χ4v) is 1.52. The lowest BCUT2D eigenvalue weighted by Gasteiger charge is -2.04. The molecule has 2 rings (SSSR count). The molecule has 0 spiro atoms. The largest absolute Gasteiger partial charge is 0.359 e. The second-order valence-electron chi connectivity index (χ2n) is 3.61. The summed E-state index contributed by atoms with van der Waals surface area (Å²) in [6.07, 6.45) is 6.66. The van der Waals surface area contributed by atoms with Gasteiger partial charge in [-0.25, -0.2) is 0 Å². The van der Waals surface area contributed by atoms with Crippen molar-refractivity contribution in [1.82, 2.24) is 9.72 Å². The number of hydrogen-bond acceptors (Lipinski definition) is 3. The van der Waals surface area contributed by atoms with Crippen molar-refractivity contribution in [2.75, 3.05) is 0 Å². The van der Waals surface area contributed by atoms with Crippen molar-refractivity contribution in [2.24, 2.45) is 5.73 Å². The van der Waals surface area contributed by atoms with Crippen LogP contribution in [0.3, 0.4) is 0 Å². The summed E-state index contributed by atoms with van der Waals surface area (Å²) in [6, 6.07) is 4.03. The van der Waals surface area contributed by atoms with Crippen LogP contribution in [0.15, 0.2) is 35.2 Å². The molecule has 0 aromatic carbocycles. The molecule has 0 aliphatic carbocycles. The van der Waals surface area contributed by atoms with E-state index >= 15 is 0 Å². The third-order valence-electron chi connectivity index (χ3n) is 2.47. The molecule has 0 radical (unpaired) electrons. The van der Waals surface area contributed by atoms with Crippen LogP contribution < -0.4 is 5.73 Å².